The third kappa shape index (κ3) is 7.04. The lowest BCUT2D eigenvalue weighted by Crippen LogP contribution is -2.45. The van der Waals surface area contributed by atoms with Gasteiger partial charge in [0.25, 0.3) is 0 Å². The van der Waals surface area contributed by atoms with Gasteiger partial charge < -0.3 is 15.2 Å². The number of aromatic amines is 1. The molecule has 13 heteroatoms. The molecule has 1 aromatic heterocycles. The molecule has 178 valence electrons. The minimum atomic E-state index is -4.40. The number of piperidine rings is 1. The van der Waals surface area contributed by atoms with Crippen molar-refractivity contribution >= 4 is 11.3 Å². The summed E-state index contributed by atoms with van der Waals surface area (Å²) in [5.41, 5.74) is 0.630. The van der Waals surface area contributed by atoms with Crippen molar-refractivity contribution in [1.82, 2.24) is 31.3 Å². The van der Waals surface area contributed by atoms with Crippen molar-refractivity contribution in [3.8, 4) is 11.4 Å². The van der Waals surface area contributed by atoms with Gasteiger partial charge >= 0.3 is 6.18 Å². The standard InChI is InChI=1S/C19H25F3N6.H3NO2S/c20-19(21,22)13-3-6-16(17(11-13)18-25-27-28-26-18)12-1-4-14(5-2-12)24-15-7-9-23-10-8-15;1-4(2)3/h3,6,11-12,14-15,23-24H,1-2,4-5,7-10H2,(H,25,26,27,28);1H2,(H,2,3)/p-1. The molecule has 1 saturated heterocycles. The van der Waals surface area contributed by atoms with E-state index in [2.05, 4.69) is 36.4 Å². The molecule has 4 rings (SSSR count). The quantitative estimate of drug-likeness (QED) is 0.496. The second kappa shape index (κ2) is 11.3. The van der Waals surface area contributed by atoms with Gasteiger partial charge in [-0.3, -0.25) is 9.35 Å². The van der Waals surface area contributed by atoms with Gasteiger partial charge in [0.1, 0.15) is 0 Å². The van der Waals surface area contributed by atoms with E-state index in [1.54, 1.807) is 6.07 Å². The van der Waals surface area contributed by atoms with E-state index in [1.165, 1.54) is 0 Å². The summed E-state index contributed by atoms with van der Waals surface area (Å²) in [5.74, 6) is 0.429. The van der Waals surface area contributed by atoms with Crippen LogP contribution in [0.4, 0.5) is 13.2 Å². The van der Waals surface area contributed by atoms with Crippen LogP contribution in [0.3, 0.4) is 0 Å². The Labute approximate surface area is 186 Å². The molecule has 0 radical (unpaired) electrons. The Kier molecular flexibility index (Phi) is 8.71. The predicted molar refractivity (Wildman–Crippen MR) is 112 cm³/mol. The molecule has 1 saturated carbocycles. The predicted octanol–water partition coefficient (Wildman–Crippen LogP) is 1.99. The van der Waals surface area contributed by atoms with Crippen molar-refractivity contribution < 1.29 is 21.9 Å². The molecule has 2 aliphatic rings. The summed E-state index contributed by atoms with van der Waals surface area (Å²) in [6.45, 7) is 2.12. The van der Waals surface area contributed by atoms with Crippen LogP contribution in [0.2, 0.25) is 0 Å². The van der Waals surface area contributed by atoms with E-state index in [9.17, 15) is 13.2 Å². The van der Waals surface area contributed by atoms with E-state index in [1.807, 2.05) is 0 Å². The Morgan fingerprint density at radius 2 is 1.72 bits per heavy atom. The summed E-state index contributed by atoms with van der Waals surface area (Å²) in [7, 11) is 0. The molecule has 1 unspecified atom stereocenters. The van der Waals surface area contributed by atoms with Gasteiger partial charge in [0.05, 0.1) is 5.56 Å². The van der Waals surface area contributed by atoms with E-state index in [0.717, 1.165) is 69.3 Å². The maximum absolute atomic E-state index is 13.2. The van der Waals surface area contributed by atoms with Crippen LogP contribution < -0.4 is 15.8 Å². The summed E-state index contributed by atoms with van der Waals surface area (Å²) in [6, 6.07) is 4.98. The summed E-state index contributed by atoms with van der Waals surface area (Å²) < 4.78 is 57.1. The molecular formula is C19H27F3N7O2S-. The third-order valence-electron chi connectivity index (χ3n) is 5.94. The first kappa shape index (κ1) is 24.7. The number of nitrogens with two attached hydrogens (primary N) is 1. The van der Waals surface area contributed by atoms with Crippen molar-refractivity contribution in [3.63, 3.8) is 0 Å². The Hall–Kier alpha value is -1.93. The molecule has 1 aliphatic heterocycles. The number of benzene rings is 1. The van der Waals surface area contributed by atoms with Gasteiger partial charge in [-0.2, -0.15) is 18.4 Å². The van der Waals surface area contributed by atoms with Crippen LogP contribution in [-0.4, -0.2) is 54.6 Å². The number of alkyl halides is 3. The molecule has 32 heavy (non-hydrogen) atoms. The molecule has 5 N–H and O–H groups in total. The van der Waals surface area contributed by atoms with Crippen LogP contribution in [0.15, 0.2) is 18.2 Å². The molecule has 0 spiro atoms. The van der Waals surface area contributed by atoms with Gasteiger partial charge in [-0.15, -0.1) is 10.2 Å². The van der Waals surface area contributed by atoms with E-state index < -0.39 is 23.0 Å². The van der Waals surface area contributed by atoms with Crippen molar-refractivity contribution in [1.29, 1.82) is 0 Å². The molecular weight excluding hydrogens is 447 g/mol. The highest BCUT2D eigenvalue weighted by molar-refractivity contribution is 7.76. The summed E-state index contributed by atoms with van der Waals surface area (Å²) in [6.07, 6.45) is 1.86. The monoisotopic (exact) mass is 474 g/mol. The molecule has 1 aliphatic carbocycles. The Bertz CT molecular complexity index is 864. The summed E-state index contributed by atoms with van der Waals surface area (Å²) in [5, 5.41) is 24.9. The normalized spacial score (nSPS) is 23.3. The number of nitrogens with one attached hydrogen (secondary N) is 3. The van der Waals surface area contributed by atoms with Gasteiger partial charge in [-0.05, 0) is 80.4 Å². The van der Waals surface area contributed by atoms with Crippen molar-refractivity contribution in [2.45, 2.75) is 62.7 Å². The molecule has 2 heterocycles. The molecule has 9 nitrogen and oxygen atoms in total. The maximum Gasteiger partial charge on any atom is 0.416 e. The van der Waals surface area contributed by atoms with E-state index in [4.69, 9.17) is 8.76 Å². The zero-order valence-electron chi connectivity index (χ0n) is 17.4. The van der Waals surface area contributed by atoms with Crippen molar-refractivity contribution in [2.24, 2.45) is 5.14 Å². The summed E-state index contributed by atoms with van der Waals surface area (Å²) >= 11 is -2.36. The Morgan fingerprint density at radius 1 is 1.09 bits per heavy atom. The lowest BCUT2D eigenvalue weighted by molar-refractivity contribution is -0.137. The zero-order chi connectivity index (χ0) is 23.1. The SMILES string of the molecule is FC(F)(F)c1ccc(C2CCC(NC3CCNCC3)CC2)c(-c2nn[nH]n2)c1.NS(=O)[O-]. The van der Waals surface area contributed by atoms with Crippen LogP contribution in [0, 0.1) is 0 Å². The van der Waals surface area contributed by atoms with E-state index in [0.29, 0.717) is 17.6 Å². The fourth-order valence-corrected chi connectivity index (χ4v) is 4.45. The summed E-state index contributed by atoms with van der Waals surface area (Å²) in [4.78, 5) is 0. The molecule has 1 aromatic carbocycles. The smallest absolute Gasteiger partial charge is 0.416 e. The first-order chi connectivity index (χ1) is 15.2. The molecule has 0 amide bonds. The number of nitrogens with zero attached hydrogens (tertiary/aromatic N) is 3. The second-order valence-corrected chi connectivity index (χ2v) is 8.56. The van der Waals surface area contributed by atoms with Crippen LogP contribution in [0.25, 0.3) is 11.4 Å². The first-order valence-electron chi connectivity index (χ1n) is 10.5. The van der Waals surface area contributed by atoms with Gasteiger partial charge in [-0.1, -0.05) is 6.07 Å². The molecule has 1 atom stereocenters. The first-order valence-corrected chi connectivity index (χ1v) is 11.6. The Balaban J connectivity index is 0.000000668. The van der Waals surface area contributed by atoms with Crippen LogP contribution in [-0.2, 0) is 17.4 Å². The largest absolute Gasteiger partial charge is 0.760 e. The topological polar surface area (TPSA) is 145 Å². The number of aromatic nitrogens is 4. The highest BCUT2D eigenvalue weighted by Crippen LogP contribution is 2.40. The van der Waals surface area contributed by atoms with Gasteiger partial charge in [0.15, 0.2) is 0 Å². The lowest BCUT2D eigenvalue weighted by atomic mass is 9.79. The number of tetrazole rings is 1. The molecule has 0 bridgehead atoms. The minimum absolute atomic E-state index is 0.210. The fraction of sp³-hybridized carbons (Fsp3) is 0.632. The molecule has 2 fully saturated rings. The number of hydrogen-bond donors (Lipinski definition) is 4. The number of H-pyrrole nitrogens is 1. The highest BCUT2D eigenvalue weighted by atomic mass is 32.2. The zero-order valence-corrected chi connectivity index (χ0v) is 18.2. The number of halogens is 3. The van der Waals surface area contributed by atoms with Crippen molar-refractivity contribution in [3.05, 3.63) is 29.3 Å². The maximum atomic E-state index is 13.2. The van der Waals surface area contributed by atoms with Crippen molar-refractivity contribution in [2.75, 3.05) is 13.1 Å². The van der Waals surface area contributed by atoms with Crippen LogP contribution >= 0.6 is 0 Å². The number of rotatable bonds is 4. The fourth-order valence-electron chi connectivity index (χ4n) is 4.45. The molecule has 2 aromatic rings. The van der Waals surface area contributed by atoms with Gasteiger partial charge in [0, 0.05) is 28.9 Å². The lowest BCUT2D eigenvalue weighted by Gasteiger charge is -2.34. The number of hydrogen-bond acceptors (Lipinski definition) is 7. The average molecular weight is 475 g/mol. The third-order valence-corrected chi connectivity index (χ3v) is 5.94. The van der Waals surface area contributed by atoms with Gasteiger partial charge in [-0.25, -0.2) is 0 Å². The average Bonchev–Trinajstić information content (AvgIpc) is 3.28. The van der Waals surface area contributed by atoms with Crippen LogP contribution in [0.1, 0.15) is 55.6 Å². The van der Waals surface area contributed by atoms with Gasteiger partial charge in [0.2, 0.25) is 5.82 Å². The second-order valence-electron chi connectivity index (χ2n) is 8.04. The van der Waals surface area contributed by atoms with Crippen LogP contribution in [0.5, 0.6) is 0 Å². The van der Waals surface area contributed by atoms with E-state index >= 15 is 0 Å². The Morgan fingerprint density at radius 3 is 2.28 bits per heavy atom. The van der Waals surface area contributed by atoms with E-state index in [-0.39, 0.29) is 11.7 Å². The highest BCUT2D eigenvalue weighted by Gasteiger charge is 2.33. The minimum Gasteiger partial charge on any atom is -0.760 e.